The summed E-state index contributed by atoms with van der Waals surface area (Å²) in [6.45, 7) is 5.31. The molecule has 2 aromatic carbocycles. The number of benzene rings is 2. The van der Waals surface area contributed by atoms with Crippen LogP contribution in [0.5, 0.6) is 0 Å². The number of fused-ring (bicyclic) bond motifs is 1. The lowest BCUT2D eigenvalue weighted by molar-refractivity contribution is -0.116. The van der Waals surface area contributed by atoms with Crippen molar-refractivity contribution in [3.63, 3.8) is 0 Å². The minimum atomic E-state index is -3.84. The normalized spacial score (nSPS) is 16.5. The summed E-state index contributed by atoms with van der Waals surface area (Å²) >= 11 is 3.42. The van der Waals surface area contributed by atoms with E-state index in [2.05, 4.69) is 15.9 Å². The molecule has 2 aromatic rings. The largest absolute Gasteiger partial charge is 0.308 e. The molecule has 0 saturated heterocycles. The van der Waals surface area contributed by atoms with Crippen LogP contribution >= 0.6 is 15.9 Å². The van der Waals surface area contributed by atoms with Crippen LogP contribution in [0, 0.1) is 6.92 Å². The molecule has 1 amide bonds. The maximum atomic E-state index is 13.4. The van der Waals surface area contributed by atoms with E-state index in [9.17, 15) is 13.2 Å². The van der Waals surface area contributed by atoms with Crippen LogP contribution in [0.2, 0.25) is 0 Å². The van der Waals surface area contributed by atoms with Crippen molar-refractivity contribution in [3.05, 3.63) is 52.0 Å². The van der Waals surface area contributed by atoms with Gasteiger partial charge in [0.25, 0.3) is 10.0 Å². The van der Waals surface area contributed by atoms with Gasteiger partial charge in [-0.05, 0) is 55.7 Å². The third-order valence-corrected chi connectivity index (χ3v) is 6.92. The standard InChI is InChI=1S/C19H21BrN2O3S/c1-12-6-5-7-17(8-12)21(4)26(24,25)18-11-16(20)10-15-9-13(2)22(14(3)23)19(15)18/h5-8,10-11,13H,9H2,1-4H3/t13-/m1/s1. The molecule has 5 nitrogen and oxygen atoms in total. The van der Waals surface area contributed by atoms with Gasteiger partial charge in [-0.3, -0.25) is 9.10 Å². The third kappa shape index (κ3) is 3.14. The van der Waals surface area contributed by atoms with Crippen LogP contribution in [0.25, 0.3) is 0 Å². The van der Waals surface area contributed by atoms with Gasteiger partial charge >= 0.3 is 0 Å². The van der Waals surface area contributed by atoms with Gasteiger partial charge in [-0.25, -0.2) is 8.42 Å². The van der Waals surface area contributed by atoms with E-state index in [0.717, 1.165) is 11.1 Å². The molecular formula is C19H21BrN2O3S. The van der Waals surface area contributed by atoms with Crippen LogP contribution in [-0.4, -0.2) is 27.4 Å². The molecule has 1 atom stereocenters. The first-order valence-electron chi connectivity index (χ1n) is 8.30. The van der Waals surface area contributed by atoms with Crippen molar-refractivity contribution in [2.45, 2.75) is 38.1 Å². The van der Waals surface area contributed by atoms with E-state index in [1.165, 1.54) is 18.3 Å². The number of carbonyl (C=O) groups excluding carboxylic acids is 1. The van der Waals surface area contributed by atoms with Crippen molar-refractivity contribution in [3.8, 4) is 0 Å². The Kier molecular flexibility index (Phi) is 4.88. The molecule has 0 aromatic heterocycles. The average molecular weight is 437 g/mol. The van der Waals surface area contributed by atoms with Gasteiger partial charge < -0.3 is 4.90 Å². The Morgan fingerprint density at radius 3 is 2.58 bits per heavy atom. The summed E-state index contributed by atoms with van der Waals surface area (Å²) in [5.41, 5.74) is 2.91. The van der Waals surface area contributed by atoms with Crippen molar-refractivity contribution >= 4 is 43.2 Å². The number of amides is 1. The van der Waals surface area contributed by atoms with E-state index < -0.39 is 10.0 Å². The van der Waals surface area contributed by atoms with Crippen LogP contribution in [0.3, 0.4) is 0 Å². The zero-order chi connectivity index (χ0) is 19.2. The van der Waals surface area contributed by atoms with E-state index >= 15 is 0 Å². The molecule has 0 N–H and O–H groups in total. The minimum absolute atomic E-state index is 0.0741. The molecule has 3 rings (SSSR count). The number of hydrogen-bond donors (Lipinski definition) is 0. The van der Waals surface area contributed by atoms with Gasteiger partial charge in [0.15, 0.2) is 0 Å². The molecule has 1 aliphatic rings. The lowest BCUT2D eigenvalue weighted by Crippen LogP contribution is -2.35. The molecule has 0 fully saturated rings. The second-order valence-electron chi connectivity index (χ2n) is 6.67. The quantitative estimate of drug-likeness (QED) is 0.733. The molecule has 0 spiro atoms. The summed E-state index contributed by atoms with van der Waals surface area (Å²) in [5, 5.41) is 0. The van der Waals surface area contributed by atoms with Crippen LogP contribution in [0.1, 0.15) is 25.0 Å². The Morgan fingerprint density at radius 2 is 1.96 bits per heavy atom. The summed E-state index contributed by atoms with van der Waals surface area (Å²) in [5.74, 6) is -0.159. The number of aryl methyl sites for hydroxylation is 1. The molecule has 0 bridgehead atoms. The zero-order valence-electron chi connectivity index (χ0n) is 15.2. The van der Waals surface area contributed by atoms with Gasteiger partial charge in [0.05, 0.1) is 11.4 Å². The highest BCUT2D eigenvalue weighted by Gasteiger charge is 2.36. The van der Waals surface area contributed by atoms with Gasteiger partial charge in [0.1, 0.15) is 4.90 Å². The SMILES string of the molecule is CC(=O)N1c2c(cc(Br)cc2S(=O)(=O)N(C)c2cccc(C)c2)C[C@H]1C. The maximum Gasteiger partial charge on any atom is 0.266 e. The topological polar surface area (TPSA) is 57.7 Å². The predicted molar refractivity (Wildman–Crippen MR) is 107 cm³/mol. The molecule has 26 heavy (non-hydrogen) atoms. The smallest absolute Gasteiger partial charge is 0.266 e. The van der Waals surface area contributed by atoms with Crippen molar-refractivity contribution in [1.82, 2.24) is 0 Å². The fraction of sp³-hybridized carbons (Fsp3) is 0.316. The number of sulfonamides is 1. The highest BCUT2D eigenvalue weighted by Crippen LogP contribution is 2.41. The molecule has 0 aliphatic carbocycles. The Balaban J connectivity index is 2.19. The highest BCUT2D eigenvalue weighted by atomic mass is 79.9. The minimum Gasteiger partial charge on any atom is -0.308 e. The van der Waals surface area contributed by atoms with Crippen LogP contribution in [0.4, 0.5) is 11.4 Å². The fourth-order valence-corrected chi connectivity index (χ4v) is 5.55. The van der Waals surface area contributed by atoms with Crippen molar-refractivity contribution in [1.29, 1.82) is 0 Å². The number of rotatable bonds is 3. The van der Waals surface area contributed by atoms with Gasteiger partial charge in [0.2, 0.25) is 5.91 Å². The molecule has 138 valence electrons. The summed E-state index contributed by atoms with van der Waals surface area (Å²) in [6.07, 6.45) is 0.630. The molecular weight excluding hydrogens is 416 g/mol. The van der Waals surface area contributed by atoms with Gasteiger partial charge in [0, 0.05) is 24.5 Å². The number of carbonyl (C=O) groups is 1. The number of halogens is 1. The number of nitrogens with zero attached hydrogens (tertiary/aromatic N) is 2. The van der Waals surface area contributed by atoms with Crippen LogP contribution in [0.15, 0.2) is 45.8 Å². The first-order chi connectivity index (χ1) is 12.1. The number of anilines is 2. The van der Waals surface area contributed by atoms with E-state index in [0.29, 0.717) is 22.3 Å². The summed E-state index contributed by atoms with van der Waals surface area (Å²) in [7, 11) is -2.30. The first-order valence-corrected chi connectivity index (χ1v) is 10.5. The summed E-state index contributed by atoms with van der Waals surface area (Å²) in [4.78, 5) is 13.9. The van der Waals surface area contributed by atoms with Gasteiger partial charge in [-0.2, -0.15) is 0 Å². The third-order valence-electron chi connectivity index (χ3n) is 4.66. The molecule has 0 saturated carbocycles. The summed E-state index contributed by atoms with van der Waals surface area (Å²) < 4.78 is 28.7. The maximum absolute atomic E-state index is 13.4. The second-order valence-corrected chi connectivity index (χ2v) is 9.52. The Bertz CT molecular complexity index is 988. The van der Waals surface area contributed by atoms with Crippen LogP contribution < -0.4 is 9.21 Å². The van der Waals surface area contributed by atoms with Gasteiger partial charge in [-0.1, -0.05) is 28.1 Å². The van der Waals surface area contributed by atoms with E-state index in [1.54, 1.807) is 17.0 Å². The van der Waals surface area contributed by atoms with E-state index in [1.807, 2.05) is 38.1 Å². The molecule has 1 heterocycles. The lowest BCUT2D eigenvalue weighted by Gasteiger charge is -2.26. The van der Waals surface area contributed by atoms with Gasteiger partial charge in [-0.15, -0.1) is 0 Å². The predicted octanol–water partition coefficient (Wildman–Crippen LogP) is 3.88. The Morgan fingerprint density at radius 1 is 1.27 bits per heavy atom. The molecule has 0 radical (unpaired) electrons. The highest BCUT2D eigenvalue weighted by molar-refractivity contribution is 9.10. The number of hydrogen-bond acceptors (Lipinski definition) is 3. The molecule has 0 unspecified atom stereocenters. The van der Waals surface area contributed by atoms with E-state index in [-0.39, 0.29) is 16.8 Å². The van der Waals surface area contributed by atoms with E-state index in [4.69, 9.17) is 0 Å². The molecule has 1 aliphatic heterocycles. The molecule has 7 heteroatoms. The van der Waals surface area contributed by atoms with Crippen molar-refractivity contribution in [2.75, 3.05) is 16.3 Å². The first kappa shape index (κ1) is 18.9. The zero-order valence-corrected chi connectivity index (χ0v) is 17.6. The Hall–Kier alpha value is -1.86. The fourth-order valence-electron chi connectivity index (χ4n) is 3.46. The summed E-state index contributed by atoms with van der Waals surface area (Å²) in [6, 6.07) is 10.7. The Labute approximate surface area is 162 Å². The monoisotopic (exact) mass is 436 g/mol. The lowest BCUT2D eigenvalue weighted by atomic mass is 10.1. The van der Waals surface area contributed by atoms with Crippen molar-refractivity contribution < 1.29 is 13.2 Å². The average Bonchev–Trinajstić information content (AvgIpc) is 2.88. The van der Waals surface area contributed by atoms with Crippen molar-refractivity contribution in [2.24, 2.45) is 0 Å². The second kappa shape index (κ2) is 6.70. The van der Waals surface area contributed by atoms with Crippen LogP contribution in [-0.2, 0) is 21.2 Å².